The smallest absolute Gasteiger partial charge is 0.0817 e. The second-order valence-electron chi connectivity index (χ2n) is 3.94. The average Bonchev–Trinajstić information content (AvgIpc) is 2.49. The Morgan fingerprint density at radius 3 is 2.09 bits per heavy atom. The van der Waals surface area contributed by atoms with Crippen LogP contribution in [0.3, 0.4) is 0 Å². The summed E-state index contributed by atoms with van der Waals surface area (Å²) < 4.78 is 1.39. The molecule has 0 aromatic heterocycles. The van der Waals surface area contributed by atoms with E-state index in [1.54, 1.807) is 0 Å². The van der Waals surface area contributed by atoms with Gasteiger partial charge < -0.3 is 4.48 Å². The SMILES string of the molecule is CCC1CC[N+](CC)(CC)C1. The van der Waals surface area contributed by atoms with Crippen molar-refractivity contribution >= 4 is 0 Å². The Kier molecular flexibility index (Phi) is 2.94. The standard InChI is InChI=1S/C10H22N/c1-4-10-7-8-11(5-2,6-3)9-10/h10H,4-9H2,1-3H3/q+1. The Morgan fingerprint density at radius 2 is 1.82 bits per heavy atom. The van der Waals surface area contributed by atoms with Crippen LogP contribution in [0.1, 0.15) is 33.6 Å². The maximum absolute atomic E-state index is 2.33. The van der Waals surface area contributed by atoms with Crippen molar-refractivity contribution in [1.29, 1.82) is 0 Å². The third-order valence-corrected chi connectivity index (χ3v) is 3.58. The minimum atomic E-state index is 1.02. The van der Waals surface area contributed by atoms with Crippen molar-refractivity contribution in [3.8, 4) is 0 Å². The van der Waals surface area contributed by atoms with E-state index in [-0.39, 0.29) is 0 Å². The van der Waals surface area contributed by atoms with Crippen LogP contribution in [-0.2, 0) is 0 Å². The van der Waals surface area contributed by atoms with E-state index in [2.05, 4.69) is 20.8 Å². The fraction of sp³-hybridized carbons (Fsp3) is 1.00. The van der Waals surface area contributed by atoms with Gasteiger partial charge in [-0.1, -0.05) is 6.92 Å². The maximum Gasteiger partial charge on any atom is 0.0817 e. The molecule has 0 saturated carbocycles. The molecular formula is C10H22N+. The Balaban J connectivity index is 2.48. The molecule has 0 amide bonds. The highest BCUT2D eigenvalue weighted by Gasteiger charge is 2.33. The summed E-state index contributed by atoms with van der Waals surface area (Å²) in [6.45, 7) is 12.6. The summed E-state index contributed by atoms with van der Waals surface area (Å²) in [6, 6.07) is 0. The molecule has 1 unspecified atom stereocenters. The molecule has 1 rings (SSSR count). The van der Waals surface area contributed by atoms with Gasteiger partial charge in [-0.25, -0.2) is 0 Å². The van der Waals surface area contributed by atoms with Gasteiger partial charge in [0.2, 0.25) is 0 Å². The molecule has 0 bridgehead atoms. The molecular weight excluding hydrogens is 134 g/mol. The van der Waals surface area contributed by atoms with Crippen molar-refractivity contribution in [3.63, 3.8) is 0 Å². The molecule has 1 saturated heterocycles. The number of hydrogen-bond donors (Lipinski definition) is 0. The van der Waals surface area contributed by atoms with Crippen LogP contribution in [0, 0.1) is 5.92 Å². The quantitative estimate of drug-likeness (QED) is 0.550. The molecule has 1 heterocycles. The molecule has 1 aliphatic heterocycles. The largest absolute Gasteiger partial charge is 0.324 e. The summed E-state index contributed by atoms with van der Waals surface area (Å²) in [4.78, 5) is 0. The Hall–Kier alpha value is -0.0400. The van der Waals surface area contributed by atoms with Gasteiger partial charge in [-0.15, -0.1) is 0 Å². The van der Waals surface area contributed by atoms with Gasteiger partial charge >= 0.3 is 0 Å². The summed E-state index contributed by atoms with van der Waals surface area (Å²) >= 11 is 0. The van der Waals surface area contributed by atoms with E-state index in [4.69, 9.17) is 0 Å². The summed E-state index contributed by atoms with van der Waals surface area (Å²) in [5.74, 6) is 1.02. The Labute approximate surface area is 71.0 Å². The first-order chi connectivity index (χ1) is 5.26. The molecule has 11 heavy (non-hydrogen) atoms. The van der Waals surface area contributed by atoms with E-state index in [0.717, 1.165) is 5.92 Å². The monoisotopic (exact) mass is 156 g/mol. The predicted octanol–water partition coefficient (Wildman–Crippen LogP) is 2.27. The van der Waals surface area contributed by atoms with E-state index in [9.17, 15) is 0 Å². The minimum Gasteiger partial charge on any atom is -0.324 e. The molecule has 0 aromatic carbocycles. The normalized spacial score (nSPS) is 29.2. The number of rotatable bonds is 3. The second-order valence-corrected chi connectivity index (χ2v) is 3.94. The molecule has 0 spiro atoms. The van der Waals surface area contributed by atoms with Gasteiger partial charge in [-0.05, 0) is 20.3 Å². The van der Waals surface area contributed by atoms with E-state index in [0.29, 0.717) is 0 Å². The first-order valence-corrected chi connectivity index (χ1v) is 5.11. The molecule has 1 aliphatic rings. The van der Waals surface area contributed by atoms with Crippen LogP contribution in [0.2, 0.25) is 0 Å². The van der Waals surface area contributed by atoms with Gasteiger partial charge in [-0.3, -0.25) is 0 Å². The zero-order valence-corrected chi connectivity index (χ0v) is 8.27. The highest BCUT2D eigenvalue weighted by molar-refractivity contribution is 4.64. The lowest BCUT2D eigenvalue weighted by atomic mass is 10.1. The molecule has 66 valence electrons. The van der Waals surface area contributed by atoms with Crippen LogP contribution in [0.4, 0.5) is 0 Å². The van der Waals surface area contributed by atoms with E-state index in [1.807, 2.05) is 0 Å². The molecule has 0 aliphatic carbocycles. The summed E-state index contributed by atoms with van der Waals surface area (Å²) in [5.41, 5.74) is 0. The van der Waals surface area contributed by atoms with Gasteiger partial charge in [-0.2, -0.15) is 0 Å². The molecule has 1 heteroatoms. The fourth-order valence-corrected chi connectivity index (χ4v) is 2.32. The summed E-state index contributed by atoms with van der Waals surface area (Å²) in [7, 11) is 0. The van der Waals surface area contributed by atoms with E-state index < -0.39 is 0 Å². The van der Waals surface area contributed by atoms with Gasteiger partial charge in [0.25, 0.3) is 0 Å². The molecule has 1 fully saturated rings. The summed E-state index contributed by atoms with van der Waals surface area (Å²) in [6.07, 6.45) is 2.86. The topological polar surface area (TPSA) is 0 Å². The molecule has 0 N–H and O–H groups in total. The van der Waals surface area contributed by atoms with E-state index in [1.165, 1.54) is 43.5 Å². The van der Waals surface area contributed by atoms with Crippen molar-refractivity contribution < 1.29 is 4.48 Å². The Bertz CT molecular complexity index is 116. The third-order valence-electron chi connectivity index (χ3n) is 3.58. The van der Waals surface area contributed by atoms with Crippen LogP contribution < -0.4 is 0 Å². The lowest BCUT2D eigenvalue weighted by Gasteiger charge is -2.32. The van der Waals surface area contributed by atoms with Gasteiger partial charge in [0.15, 0.2) is 0 Å². The second kappa shape index (κ2) is 3.57. The predicted molar refractivity (Wildman–Crippen MR) is 49.5 cm³/mol. The van der Waals surface area contributed by atoms with Crippen LogP contribution >= 0.6 is 0 Å². The van der Waals surface area contributed by atoms with Crippen molar-refractivity contribution in [1.82, 2.24) is 0 Å². The summed E-state index contributed by atoms with van der Waals surface area (Å²) in [5, 5.41) is 0. The molecule has 1 atom stereocenters. The van der Waals surface area contributed by atoms with Crippen molar-refractivity contribution in [2.75, 3.05) is 26.2 Å². The number of nitrogens with zero attached hydrogens (tertiary/aromatic N) is 1. The van der Waals surface area contributed by atoms with Crippen LogP contribution in [0.25, 0.3) is 0 Å². The van der Waals surface area contributed by atoms with Crippen molar-refractivity contribution in [2.24, 2.45) is 5.92 Å². The van der Waals surface area contributed by atoms with Crippen LogP contribution in [0.5, 0.6) is 0 Å². The zero-order chi connectivity index (χ0) is 8.32. The van der Waals surface area contributed by atoms with Gasteiger partial charge in [0.1, 0.15) is 0 Å². The lowest BCUT2D eigenvalue weighted by molar-refractivity contribution is -0.914. The highest BCUT2D eigenvalue weighted by atomic mass is 15.4. The maximum atomic E-state index is 2.33. The minimum absolute atomic E-state index is 1.02. The first kappa shape index (κ1) is 9.05. The molecule has 0 radical (unpaired) electrons. The molecule has 0 aromatic rings. The number of quaternary nitrogens is 1. The van der Waals surface area contributed by atoms with Crippen molar-refractivity contribution in [2.45, 2.75) is 33.6 Å². The van der Waals surface area contributed by atoms with Crippen LogP contribution in [0.15, 0.2) is 0 Å². The van der Waals surface area contributed by atoms with Gasteiger partial charge in [0, 0.05) is 12.3 Å². The zero-order valence-electron chi connectivity index (χ0n) is 8.27. The van der Waals surface area contributed by atoms with Crippen molar-refractivity contribution in [3.05, 3.63) is 0 Å². The lowest BCUT2D eigenvalue weighted by Crippen LogP contribution is -2.45. The van der Waals surface area contributed by atoms with Gasteiger partial charge in [0.05, 0.1) is 26.2 Å². The highest BCUT2D eigenvalue weighted by Crippen LogP contribution is 2.25. The van der Waals surface area contributed by atoms with Crippen LogP contribution in [-0.4, -0.2) is 30.7 Å². The average molecular weight is 156 g/mol. The Morgan fingerprint density at radius 1 is 1.18 bits per heavy atom. The fourth-order valence-electron chi connectivity index (χ4n) is 2.32. The number of likely N-dealkylation sites (tertiary alicyclic amines) is 1. The van der Waals surface area contributed by atoms with E-state index >= 15 is 0 Å². The number of hydrogen-bond acceptors (Lipinski definition) is 0. The first-order valence-electron chi connectivity index (χ1n) is 5.11. The third kappa shape index (κ3) is 1.76. The molecule has 1 nitrogen and oxygen atoms in total.